The van der Waals surface area contributed by atoms with Crippen LogP contribution in [0.1, 0.15) is 71.1 Å². The highest BCUT2D eigenvalue weighted by molar-refractivity contribution is 5.75. The van der Waals surface area contributed by atoms with Crippen molar-refractivity contribution in [1.29, 1.82) is 0 Å². The Labute approximate surface area is 119 Å². The molecule has 0 bridgehead atoms. The largest absolute Gasteiger partial charge is 0.492 e. The molecule has 0 fully saturated rings. The summed E-state index contributed by atoms with van der Waals surface area (Å²) < 4.78 is 35.3. The van der Waals surface area contributed by atoms with Gasteiger partial charge in [-0.05, 0) is 6.42 Å². The number of carbonyl (C=O) groups is 1. The minimum absolute atomic E-state index is 0.262. The first-order valence-corrected chi connectivity index (χ1v) is 7.49. The lowest BCUT2D eigenvalue weighted by atomic mass is 10.1. The molecule has 0 saturated carbocycles. The van der Waals surface area contributed by atoms with E-state index in [1.807, 2.05) is 5.48 Å². The molecule has 0 aliphatic rings. The summed E-state index contributed by atoms with van der Waals surface area (Å²) >= 11 is 0. The van der Waals surface area contributed by atoms with Gasteiger partial charge in [0.1, 0.15) is 0 Å². The van der Waals surface area contributed by atoms with Crippen molar-refractivity contribution in [2.75, 3.05) is 6.54 Å². The maximum absolute atomic E-state index is 11.8. The van der Waals surface area contributed by atoms with Gasteiger partial charge < -0.3 is 4.84 Å². The molecule has 6 heteroatoms. The van der Waals surface area contributed by atoms with E-state index in [0.29, 0.717) is 6.42 Å². The van der Waals surface area contributed by atoms with Crippen LogP contribution in [0.4, 0.5) is 13.2 Å². The standard InChI is InChI=1S/C14H26F3NO2/c1-2-3-4-5-6-7-8-9-10-11-12-18-20-13(19)14(15,16)17/h18H,2-12H2,1H3. The van der Waals surface area contributed by atoms with Gasteiger partial charge in [-0.1, -0.05) is 64.7 Å². The van der Waals surface area contributed by atoms with E-state index in [1.165, 1.54) is 38.5 Å². The molecule has 1 N–H and O–H groups in total. The normalized spacial score (nSPS) is 11.6. The van der Waals surface area contributed by atoms with E-state index < -0.39 is 12.1 Å². The highest BCUT2D eigenvalue weighted by Gasteiger charge is 2.41. The van der Waals surface area contributed by atoms with Crippen molar-refractivity contribution < 1.29 is 22.8 Å². The van der Waals surface area contributed by atoms with E-state index in [2.05, 4.69) is 11.8 Å². The summed E-state index contributed by atoms with van der Waals surface area (Å²) in [7, 11) is 0. The van der Waals surface area contributed by atoms with Crippen molar-refractivity contribution in [2.24, 2.45) is 0 Å². The zero-order valence-electron chi connectivity index (χ0n) is 12.2. The number of nitrogens with one attached hydrogen (secondary N) is 1. The number of hydroxylamine groups is 1. The van der Waals surface area contributed by atoms with Crippen LogP contribution < -0.4 is 5.48 Å². The van der Waals surface area contributed by atoms with Crippen molar-refractivity contribution in [3.63, 3.8) is 0 Å². The summed E-state index contributed by atoms with van der Waals surface area (Å²) in [6.07, 6.45) is 6.61. The van der Waals surface area contributed by atoms with E-state index in [1.54, 1.807) is 0 Å². The smallest absolute Gasteiger partial charge is 0.364 e. The van der Waals surface area contributed by atoms with Gasteiger partial charge >= 0.3 is 12.1 Å². The molecule has 20 heavy (non-hydrogen) atoms. The molecular weight excluding hydrogens is 271 g/mol. The molecule has 0 saturated heterocycles. The van der Waals surface area contributed by atoms with E-state index in [0.717, 1.165) is 19.3 Å². The van der Waals surface area contributed by atoms with Gasteiger partial charge in [0.25, 0.3) is 0 Å². The number of halogens is 3. The Kier molecular flexibility index (Phi) is 11.5. The van der Waals surface area contributed by atoms with Crippen LogP contribution in [0.5, 0.6) is 0 Å². The third-order valence-electron chi connectivity index (χ3n) is 3.03. The molecule has 0 aliphatic carbocycles. The van der Waals surface area contributed by atoms with Crippen LogP contribution in [0, 0.1) is 0 Å². The molecular formula is C14H26F3NO2. The van der Waals surface area contributed by atoms with Crippen molar-refractivity contribution in [3.8, 4) is 0 Å². The van der Waals surface area contributed by atoms with Crippen molar-refractivity contribution in [3.05, 3.63) is 0 Å². The number of hydrogen-bond acceptors (Lipinski definition) is 3. The first kappa shape index (κ1) is 19.2. The molecule has 120 valence electrons. The minimum atomic E-state index is -4.93. The molecule has 0 aromatic heterocycles. The van der Waals surface area contributed by atoms with Crippen LogP contribution >= 0.6 is 0 Å². The van der Waals surface area contributed by atoms with E-state index in [-0.39, 0.29) is 6.54 Å². The fourth-order valence-electron chi connectivity index (χ4n) is 1.86. The number of carbonyl (C=O) groups excluding carboxylic acids is 1. The van der Waals surface area contributed by atoms with Gasteiger partial charge in [-0.25, -0.2) is 4.79 Å². The molecule has 0 atom stereocenters. The van der Waals surface area contributed by atoms with Gasteiger partial charge in [0.2, 0.25) is 0 Å². The molecule has 0 amide bonds. The van der Waals surface area contributed by atoms with Gasteiger partial charge in [0.05, 0.1) is 0 Å². The zero-order valence-corrected chi connectivity index (χ0v) is 12.2. The first-order chi connectivity index (χ1) is 9.48. The minimum Gasteiger partial charge on any atom is -0.364 e. The Balaban J connectivity index is 3.16. The summed E-state index contributed by atoms with van der Waals surface area (Å²) in [6, 6.07) is 0. The molecule has 0 aromatic rings. The van der Waals surface area contributed by atoms with Crippen LogP contribution in [0.25, 0.3) is 0 Å². The fraction of sp³-hybridized carbons (Fsp3) is 0.929. The fourth-order valence-corrected chi connectivity index (χ4v) is 1.86. The summed E-state index contributed by atoms with van der Waals surface area (Å²) in [5.41, 5.74) is 2.05. The van der Waals surface area contributed by atoms with Crippen LogP contribution in [0.15, 0.2) is 0 Å². The zero-order chi connectivity index (χ0) is 15.3. The lowest BCUT2D eigenvalue weighted by molar-refractivity contribution is -0.206. The molecule has 0 aromatic carbocycles. The second-order valence-electron chi connectivity index (χ2n) is 4.96. The SMILES string of the molecule is CCCCCCCCCCCCNOC(=O)C(F)(F)F. The molecule has 0 radical (unpaired) electrons. The Morgan fingerprint density at radius 3 is 1.80 bits per heavy atom. The van der Waals surface area contributed by atoms with Gasteiger partial charge in [-0.3, -0.25) is 0 Å². The second kappa shape index (κ2) is 12.0. The molecule has 0 unspecified atom stereocenters. The lowest BCUT2D eigenvalue weighted by Crippen LogP contribution is -2.31. The van der Waals surface area contributed by atoms with Crippen LogP contribution in [-0.2, 0) is 9.63 Å². The molecule has 0 spiro atoms. The summed E-state index contributed by atoms with van der Waals surface area (Å²) in [5, 5.41) is 0. The Bertz CT molecular complexity index is 245. The number of hydrogen-bond donors (Lipinski definition) is 1. The number of rotatable bonds is 12. The Morgan fingerprint density at radius 1 is 0.900 bits per heavy atom. The second-order valence-corrected chi connectivity index (χ2v) is 4.96. The number of unbranched alkanes of at least 4 members (excludes halogenated alkanes) is 9. The average molecular weight is 297 g/mol. The van der Waals surface area contributed by atoms with Crippen molar-refractivity contribution >= 4 is 5.97 Å². The van der Waals surface area contributed by atoms with E-state index in [9.17, 15) is 18.0 Å². The van der Waals surface area contributed by atoms with Gasteiger partial charge in [-0.2, -0.15) is 18.7 Å². The lowest BCUT2D eigenvalue weighted by Gasteiger charge is -2.07. The van der Waals surface area contributed by atoms with Crippen LogP contribution in [0.3, 0.4) is 0 Å². The maximum Gasteiger partial charge on any atom is 0.492 e. The van der Waals surface area contributed by atoms with Crippen LogP contribution in [0.2, 0.25) is 0 Å². The maximum atomic E-state index is 11.8. The third kappa shape index (κ3) is 12.3. The monoisotopic (exact) mass is 297 g/mol. The average Bonchev–Trinajstić information content (AvgIpc) is 2.38. The van der Waals surface area contributed by atoms with E-state index >= 15 is 0 Å². The van der Waals surface area contributed by atoms with Crippen molar-refractivity contribution in [2.45, 2.75) is 77.3 Å². The van der Waals surface area contributed by atoms with Crippen molar-refractivity contribution in [1.82, 2.24) is 5.48 Å². The topological polar surface area (TPSA) is 38.3 Å². The number of alkyl halides is 3. The highest BCUT2D eigenvalue weighted by Crippen LogP contribution is 2.15. The molecule has 0 rings (SSSR count). The highest BCUT2D eigenvalue weighted by atomic mass is 19.4. The molecule has 0 heterocycles. The Morgan fingerprint density at radius 2 is 1.35 bits per heavy atom. The van der Waals surface area contributed by atoms with Gasteiger partial charge in [0.15, 0.2) is 0 Å². The van der Waals surface area contributed by atoms with E-state index in [4.69, 9.17) is 0 Å². The Hall–Kier alpha value is -0.780. The van der Waals surface area contributed by atoms with Gasteiger partial charge in [0, 0.05) is 6.54 Å². The van der Waals surface area contributed by atoms with Crippen LogP contribution in [-0.4, -0.2) is 18.7 Å². The third-order valence-corrected chi connectivity index (χ3v) is 3.03. The predicted octanol–water partition coefficient (Wildman–Crippen LogP) is 4.52. The predicted molar refractivity (Wildman–Crippen MR) is 72.0 cm³/mol. The summed E-state index contributed by atoms with van der Waals surface area (Å²) in [6.45, 7) is 2.46. The molecule has 3 nitrogen and oxygen atoms in total. The summed E-state index contributed by atoms with van der Waals surface area (Å²) in [4.78, 5) is 14.2. The quantitative estimate of drug-likeness (QED) is 0.425. The first-order valence-electron chi connectivity index (χ1n) is 7.49. The summed E-state index contributed by atoms with van der Waals surface area (Å²) in [5.74, 6) is -2.19. The van der Waals surface area contributed by atoms with Gasteiger partial charge in [-0.15, -0.1) is 0 Å². The molecule has 0 aliphatic heterocycles.